The summed E-state index contributed by atoms with van der Waals surface area (Å²) in [5.41, 5.74) is 0. The molecule has 0 aromatic heterocycles. The van der Waals surface area contributed by atoms with Crippen molar-refractivity contribution in [2.45, 2.75) is 32.2 Å². The monoisotopic (exact) mass is 314 g/mol. The molecule has 1 aliphatic rings. The molecule has 1 rings (SSSR count). The third-order valence-electron chi connectivity index (χ3n) is 3.16. The third kappa shape index (κ3) is 2.40. The largest absolute Gasteiger partial charge is 0.394 e. The number of hydrogen-bond donors (Lipinski definition) is 1. The van der Waals surface area contributed by atoms with Gasteiger partial charge in [0.15, 0.2) is 0 Å². The minimum Gasteiger partial charge on any atom is -0.394 e. The van der Waals surface area contributed by atoms with Gasteiger partial charge in [-0.25, -0.2) is 0 Å². The number of alkyl halides is 1. The van der Waals surface area contributed by atoms with Crippen LogP contribution in [0.15, 0.2) is 0 Å². The van der Waals surface area contributed by atoms with E-state index in [2.05, 4.69) is 36.4 Å². The Balaban J connectivity index is 2.72. The van der Waals surface area contributed by atoms with Crippen LogP contribution in [-0.4, -0.2) is 41.6 Å². The maximum absolute atomic E-state index is 9.19. The second kappa shape index (κ2) is 5.63. The lowest BCUT2D eigenvalue weighted by Gasteiger charge is -2.43. The molecule has 1 saturated heterocycles. The molecule has 1 aliphatic heterocycles. The van der Waals surface area contributed by atoms with Crippen LogP contribution >= 0.6 is 22.6 Å². The quantitative estimate of drug-likeness (QED) is 0.633. The molecule has 4 heteroatoms. The highest BCUT2D eigenvalue weighted by Crippen LogP contribution is 2.32. The van der Waals surface area contributed by atoms with Crippen molar-refractivity contribution in [1.29, 1.82) is 0 Å². The Bertz CT molecular complexity index is 161. The lowest BCUT2D eigenvalue weighted by atomic mass is 9.83. The Morgan fingerprint density at radius 2 is 1.86 bits per heavy atom. The van der Waals surface area contributed by atoms with Gasteiger partial charge in [0.2, 0.25) is 0 Å². The van der Waals surface area contributed by atoms with Gasteiger partial charge in [0.1, 0.15) is 0 Å². The van der Waals surface area contributed by atoms with Crippen molar-refractivity contribution in [2.75, 3.05) is 18.1 Å². The zero-order valence-corrected chi connectivity index (χ0v) is 11.1. The molecule has 0 amide bonds. The Hall–Kier alpha value is 0.610. The Morgan fingerprint density at radius 1 is 1.29 bits per heavy atom. The molecule has 0 bridgehead atoms. The normalized spacial score (nSPS) is 43.9. The van der Waals surface area contributed by atoms with Gasteiger partial charge in [0.25, 0.3) is 0 Å². The van der Waals surface area contributed by atoms with E-state index in [1.807, 2.05) is 0 Å². The Kier molecular flexibility index (Phi) is 5.10. The highest BCUT2D eigenvalue weighted by Gasteiger charge is 2.40. The zero-order valence-electron chi connectivity index (χ0n) is 8.94. The molecule has 84 valence electrons. The minimum absolute atomic E-state index is 0.0732. The highest BCUT2D eigenvalue weighted by molar-refractivity contribution is 14.1. The summed E-state index contributed by atoms with van der Waals surface area (Å²) in [7, 11) is 1.74. The molecule has 5 atom stereocenters. The van der Waals surface area contributed by atoms with E-state index in [0.29, 0.717) is 5.92 Å². The Morgan fingerprint density at radius 3 is 2.29 bits per heavy atom. The number of hydrogen-bond acceptors (Lipinski definition) is 3. The van der Waals surface area contributed by atoms with E-state index in [1.54, 1.807) is 7.11 Å². The summed E-state index contributed by atoms with van der Waals surface area (Å²) in [6, 6.07) is 0. The van der Waals surface area contributed by atoms with Crippen LogP contribution in [0.5, 0.6) is 0 Å². The fraction of sp³-hybridized carbons (Fsp3) is 1.00. The number of ether oxygens (including phenoxy) is 2. The van der Waals surface area contributed by atoms with E-state index in [0.717, 1.165) is 4.43 Å². The number of methoxy groups -OCH3 is 1. The highest BCUT2D eigenvalue weighted by atomic mass is 127. The molecule has 1 N–H and O–H groups in total. The summed E-state index contributed by atoms with van der Waals surface area (Å²) in [4.78, 5) is 0. The first-order valence-corrected chi connectivity index (χ1v) is 6.53. The number of aliphatic hydroxyl groups is 1. The van der Waals surface area contributed by atoms with E-state index in [4.69, 9.17) is 9.47 Å². The van der Waals surface area contributed by atoms with Crippen molar-refractivity contribution >= 4 is 22.6 Å². The number of rotatable bonds is 3. The second-order valence-electron chi connectivity index (χ2n) is 3.97. The summed E-state index contributed by atoms with van der Waals surface area (Å²) in [6.45, 7) is 4.32. The molecular weight excluding hydrogens is 295 g/mol. The molecule has 3 nitrogen and oxygen atoms in total. The summed E-state index contributed by atoms with van der Waals surface area (Å²) >= 11 is 2.32. The molecule has 1 fully saturated rings. The summed E-state index contributed by atoms with van der Waals surface area (Å²) in [6.07, 6.45) is 0.325. The molecule has 0 spiro atoms. The van der Waals surface area contributed by atoms with Gasteiger partial charge in [0, 0.05) is 23.4 Å². The average Bonchev–Trinajstić information content (AvgIpc) is 2.19. The molecule has 0 aromatic carbocycles. The first-order valence-electron chi connectivity index (χ1n) is 5.00. The van der Waals surface area contributed by atoms with Crippen molar-refractivity contribution in [3.05, 3.63) is 0 Å². The number of halogens is 1. The van der Waals surface area contributed by atoms with Crippen molar-refractivity contribution < 1.29 is 14.6 Å². The molecule has 14 heavy (non-hydrogen) atoms. The van der Waals surface area contributed by atoms with Crippen LogP contribution in [0.1, 0.15) is 13.8 Å². The van der Waals surface area contributed by atoms with Crippen LogP contribution < -0.4 is 0 Å². The van der Waals surface area contributed by atoms with Crippen molar-refractivity contribution in [1.82, 2.24) is 0 Å². The van der Waals surface area contributed by atoms with Gasteiger partial charge in [-0.15, -0.1) is 0 Å². The Labute approximate surface area is 99.3 Å². The van der Waals surface area contributed by atoms with Gasteiger partial charge >= 0.3 is 0 Å². The first kappa shape index (κ1) is 12.7. The smallest absolute Gasteiger partial charge is 0.0860 e. The first-order chi connectivity index (χ1) is 6.65. The molecule has 0 saturated carbocycles. The molecule has 0 aromatic rings. The van der Waals surface area contributed by atoms with Gasteiger partial charge in [-0.05, 0) is 0 Å². The SMILES string of the molecule is CO[C@H]1[C@@H](C)[C@@H](CO)O[C@@H](CI)[C@H]1C. The van der Waals surface area contributed by atoms with Crippen LogP contribution in [-0.2, 0) is 9.47 Å². The lowest BCUT2D eigenvalue weighted by Crippen LogP contribution is -2.51. The van der Waals surface area contributed by atoms with Gasteiger partial charge in [-0.3, -0.25) is 0 Å². The predicted molar refractivity (Wildman–Crippen MR) is 63.8 cm³/mol. The van der Waals surface area contributed by atoms with Crippen LogP contribution in [0.4, 0.5) is 0 Å². The van der Waals surface area contributed by atoms with Crippen molar-refractivity contribution in [2.24, 2.45) is 11.8 Å². The third-order valence-corrected chi connectivity index (χ3v) is 4.03. The van der Waals surface area contributed by atoms with Crippen LogP contribution in [0.2, 0.25) is 0 Å². The molecular formula is C10H19IO3. The number of aliphatic hydroxyl groups excluding tert-OH is 1. The van der Waals surface area contributed by atoms with Crippen LogP contribution in [0.25, 0.3) is 0 Å². The van der Waals surface area contributed by atoms with E-state index in [-0.39, 0.29) is 30.8 Å². The standard InChI is InChI=1S/C10H19IO3/c1-6-8(4-11)14-9(5-12)7(2)10(6)13-3/h6-10,12H,4-5H2,1-3H3/t6-,7+,8+,9-,10-/m1/s1. The van der Waals surface area contributed by atoms with Gasteiger partial charge in [0.05, 0.1) is 24.9 Å². The molecule has 0 radical (unpaired) electrons. The minimum atomic E-state index is -0.0732. The lowest BCUT2D eigenvalue weighted by molar-refractivity contribution is -0.174. The van der Waals surface area contributed by atoms with Gasteiger partial charge in [-0.2, -0.15) is 0 Å². The summed E-state index contributed by atoms with van der Waals surface area (Å²) in [5.74, 6) is 0.661. The van der Waals surface area contributed by atoms with E-state index in [1.165, 1.54) is 0 Å². The molecule has 1 heterocycles. The average molecular weight is 314 g/mol. The topological polar surface area (TPSA) is 38.7 Å². The summed E-state index contributed by atoms with van der Waals surface area (Å²) in [5, 5.41) is 9.19. The fourth-order valence-electron chi connectivity index (χ4n) is 2.19. The fourth-order valence-corrected chi connectivity index (χ4v) is 3.20. The van der Waals surface area contributed by atoms with Crippen molar-refractivity contribution in [3.63, 3.8) is 0 Å². The predicted octanol–water partition coefficient (Wildman–Crippen LogP) is 1.47. The second-order valence-corrected chi connectivity index (χ2v) is 4.85. The van der Waals surface area contributed by atoms with E-state index < -0.39 is 0 Å². The molecule has 0 aliphatic carbocycles. The maximum atomic E-state index is 9.19. The van der Waals surface area contributed by atoms with Crippen LogP contribution in [0, 0.1) is 11.8 Å². The zero-order chi connectivity index (χ0) is 10.7. The van der Waals surface area contributed by atoms with Crippen molar-refractivity contribution in [3.8, 4) is 0 Å². The molecule has 0 unspecified atom stereocenters. The van der Waals surface area contributed by atoms with Gasteiger partial charge < -0.3 is 14.6 Å². The van der Waals surface area contributed by atoms with E-state index >= 15 is 0 Å². The maximum Gasteiger partial charge on any atom is 0.0860 e. The van der Waals surface area contributed by atoms with Gasteiger partial charge in [-0.1, -0.05) is 36.4 Å². The summed E-state index contributed by atoms with van der Waals surface area (Å²) < 4.78 is 12.2. The van der Waals surface area contributed by atoms with Crippen LogP contribution in [0.3, 0.4) is 0 Å². The van der Waals surface area contributed by atoms with E-state index in [9.17, 15) is 5.11 Å².